The van der Waals surface area contributed by atoms with Crippen LogP contribution in [0.1, 0.15) is 6.92 Å². The molecule has 0 amide bonds. The molecule has 128 valence electrons. The summed E-state index contributed by atoms with van der Waals surface area (Å²) in [5, 5.41) is 3.60. The van der Waals surface area contributed by atoms with Crippen molar-refractivity contribution in [2.45, 2.75) is 6.92 Å². The van der Waals surface area contributed by atoms with E-state index in [1.165, 1.54) is 6.92 Å². The van der Waals surface area contributed by atoms with Crippen LogP contribution in [0.4, 0.5) is 0 Å². The van der Waals surface area contributed by atoms with E-state index in [9.17, 15) is 4.79 Å². The predicted molar refractivity (Wildman–Crippen MR) is 111 cm³/mol. The Morgan fingerprint density at radius 3 is 1.32 bits per heavy atom. The molecule has 3 aromatic carbocycles. The average Bonchev–Trinajstić information content (AvgIpc) is 2.68. The van der Waals surface area contributed by atoms with Crippen molar-refractivity contribution < 1.29 is 9.32 Å². The van der Waals surface area contributed by atoms with Crippen LogP contribution < -0.4 is 15.9 Å². The fourth-order valence-corrected chi connectivity index (χ4v) is 10.9. The molecule has 0 unspecified atom stereocenters. The second-order valence-corrected chi connectivity index (χ2v) is 11.8. The fraction of sp³-hybridized carbons (Fsp3) is 0.0952. The van der Waals surface area contributed by atoms with Gasteiger partial charge in [-0.1, -0.05) is 0 Å². The number of rotatable bonds is 5. The summed E-state index contributed by atoms with van der Waals surface area (Å²) in [4.78, 5) is 12.3. The Morgan fingerprint density at radius 2 is 1.08 bits per heavy atom. The summed E-state index contributed by atoms with van der Waals surface area (Å²) in [5.74, 6) is -0.284. The van der Waals surface area contributed by atoms with Crippen LogP contribution in [0.3, 0.4) is 0 Å². The third kappa shape index (κ3) is 2.82. The van der Waals surface area contributed by atoms with Crippen LogP contribution >= 0.6 is 22.8 Å². The zero-order valence-corrected chi connectivity index (χ0v) is 16.5. The van der Waals surface area contributed by atoms with Gasteiger partial charge in [-0.05, 0) is 0 Å². The number of carbonyl (C=O) groups excluding carboxylic acids is 1. The molecule has 0 radical (unpaired) electrons. The molecule has 0 bridgehead atoms. The van der Waals surface area contributed by atoms with E-state index in [4.69, 9.17) is 4.52 Å². The number of carbonyl (C=O) groups is 1. The Kier molecular flexibility index (Phi) is 5.08. The molecule has 0 saturated carbocycles. The van der Waals surface area contributed by atoms with Crippen LogP contribution in [0.5, 0.6) is 0 Å². The molecular formula is C21H20BrO2P. The average molecular weight is 415 g/mol. The monoisotopic (exact) mass is 414 g/mol. The third-order valence-electron chi connectivity index (χ3n) is 4.47. The summed E-state index contributed by atoms with van der Waals surface area (Å²) >= 11 is 3.75. The van der Waals surface area contributed by atoms with Gasteiger partial charge >= 0.3 is 157 Å². The van der Waals surface area contributed by atoms with E-state index < -0.39 is 6.83 Å². The molecule has 0 saturated heterocycles. The molecule has 2 nitrogen and oxygen atoms in total. The van der Waals surface area contributed by atoms with Crippen LogP contribution in [0, 0.1) is 0 Å². The van der Waals surface area contributed by atoms with Crippen molar-refractivity contribution in [2.75, 3.05) is 5.07 Å². The van der Waals surface area contributed by atoms with E-state index in [0.717, 1.165) is 15.9 Å². The maximum atomic E-state index is 12.3. The minimum absolute atomic E-state index is 0.284. The normalized spacial score (nSPS) is 12.8. The van der Waals surface area contributed by atoms with Gasteiger partial charge in [0.2, 0.25) is 0 Å². The van der Waals surface area contributed by atoms with Crippen molar-refractivity contribution in [1.82, 2.24) is 0 Å². The molecule has 0 aliphatic rings. The van der Waals surface area contributed by atoms with Gasteiger partial charge in [-0.2, -0.15) is 0 Å². The zero-order valence-electron chi connectivity index (χ0n) is 14.0. The van der Waals surface area contributed by atoms with E-state index >= 15 is 0 Å². The van der Waals surface area contributed by atoms with E-state index in [2.05, 4.69) is 52.3 Å². The quantitative estimate of drug-likeness (QED) is 0.458. The van der Waals surface area contributed by atoms with Crippen molar-refractivity contribution in [3.63, 3.8) is 0 Å². The molecule has 4 heteroatoms. The van der Waals surface area contributed by atoms with E-state index in [1.54, 1.807) is 0 Å². The molecule has 0 aromatic heterocycles. The van der Waals surface area contributed by atoms with Crippen molar-refractivity contribution in [3.8, 4) is 0 Å². The Labute approximate surface area is 157 Å². The Balaban J connectivity index is 2.50. The summed E-state index contributed by atoms with van der Waals surface area (Å²) in [7, 11) is 0. The fourth-order valence-electron chi connectivity index (χ4n) is 3.35. The number of hydrogen-bond acceptors (Lipinski definition) is 2. The number of hydrogen-bond donors (Lipinski definition) is 0. The minimum atomic E-state index is -3.45. The molecule has 25 heavy (non-hydrogen) atoms. The van der Waals surface area contributed by atoms with Gasteiger partial charge in [-0.3, -0.25) is 0 Å². The number of halogens is 1. The Bertz CT molecular complexity index is 751. The molecule has 0 atom stereocenters. The van der Waals surface area contributed by atoms with Gasteiger partial charge in [-0.15, -0.1) is 0 Å². The molecular weight excluding hydrogens is 395 g/mol. The van der Waals surface area contributed by atoms with Gasteiger partial charge < -0.3 is 0 Å². The van der Waals surface area contributed by atoms with E-state index in [-0.39, 0.29) is 5.97 Å². The molecule has 0 aliphatic heterocycles. The molecule has 3 rings (SSSR count). The molecule has 0 aliphatic carbocycles. The SMILES string of the molecule is CC(=O)OP(CBr)(c1ccccc1)(c1ccccc1)c1ccccc1. The first-order valence-electron chi connectivity index (χ1n) is 8.08. The van der Waals surface area contributed by atoms with Crippen LogP contribution in [-0.4, -0.2) is 11.0 Å². The predicted octanol–water partition coefficient (Wildman–Crippen LogP) is 4.35. The van der Waals surface area contributed by atoms with Crippen LogP contribution in [0.25, 0.3) is 0 Å². The summed E-state index contributed by atoms with van der Waals surface area (Å²) in [5.41, 5.74) is 0. The zero-order chi connectivity index (χ0) is 17.8. The van der Waals surface area contributed by atoms with Gasteiger partial charge in [0.25, 0.3) is 0 Å². The molecule has 0 fully saturated rings. The van der Waals surface area contributed by atoms with Gasteiger partial charge in [0.15, 0.2) is 0 Å². The van der Waals surface area contributed by atoms with Crippen LogP contribution in [-0.2, 0) is 9.32 Å². The number of benzene rings is 3. The summed E-state index contributed by atoms with van der Waals surface area (Å²) in [6.07, 6.45) is 0. The van der Waals surface area contributed by atoms with Crippen LogP contribution in [0.15, 0.2) is 91.0 Å². The molecule has 0 N–H and O–H groups in total. The van der Waals surface area contributed by atoms with Crippen molar-refractivity contribution in [2.24, 2.45) is 0 Å². The summed E-state index contributed by atoms with van der Waals surface area (Å²) in [6, 6.07) is 30.3. The van der Waals surface area contributed by atoms with Crippen molar-refractivity contribution >= 4 is 44.6 Å². The van der Waals surface area contributed by atoms with Gasteiger partial charge in [-0.25, -0.2) is 0 Å². The summed E-state index contributed by atoms with van der Waals surface area (Å²) < 4.78 is 6.38. The van der Waals surface area contributed by atoms with Crippen LogP contribution in [0.2, 0.25) is 0 Å². The Morgan fingerprint density at radius 1 is 0.760 bits per heavy atom. The molecule has 0 spiro atoms. The van der Waals surface area contributed by atoms with Crippen molar-refractivity contribution in [3.05, 3.63) is 91.0 Å². The third-order valence-corrected chi connectivity index (χ3v) is 12.6. The van der Waals surface area contributed by atoms with E-state index in [0.29, 0.717) is 5.07 Å². The van der Waals surface area contributed by atoms with Gasteiger partial charge in [0.1, 0.15) is 0 Å². The first kappa shape index (κ1) is 17.8. The van der Waals surface area contributed by atoms with Gasteiger partial charge in [0.05, 0.1) is 0 Å². The summed E-state index contributed by atoms with van der Waals surface area (Å²) in [6.45, 7) is -1.97. The van der Waals surface area contributed by atoms with E-state index in [1.807, 2.05) is 54.6 Å². The van der Waals surface area contributed by atoms with Gasteiger partial charge in [0, 0.05) is 0 Å². The number of alkyl halides is 1. The first-order valence-corrected chi connectivity index (χ1v) is 11.5. The maximum absolute atomic E-state index is 12.3. The topological polar surface area (TPSA) is 26.3 Å². The standard InChI is InChI=1S/C21H20BrO2P/c1-18(23)24-25(17-22,19-11-5-2-6-12-19,20-13-7-3-8-14-20)21-15-9-4-10-16-21/h2-16H,17H2,1H3. The second kappa shape index (κ2) is 7.11. The second-order valence-electron chi connectivity index (χ2n) is 5.92. The van der Waals surface area contributed by atoms with Crippen molar-refractivity contribution in [1.29, 1.82) is 0 Å². The molecule has 3 aromatic rings. The molecule has 0 heterocycles. The first-order chi connectivity index (χ1) is 12.1. The Hall–Kier alpha value is -1.96.